The van der Waals surface area contributed by atoms with Gasteiger partial charge in [0.2, 0.25) is 5.91 Å². The molecule has 0 fully saturated rings. The van der Waals surface area contributed by atoms with Gasteiger partial charge in [0.25, 0.3) is 0 Å². The lowest BCUT2D eigenvalue weighted by atomic mass is 10.2. The first-order valence-corrected chi connectivity index (χ1v) is 5.36. The quantitative estimate of drug-likeness (QED) is 0.863. The summed E-state index contributed by atoms with van der Waals surface area (Å²) < 4.78 is 18.8. The van der Waals surface area contributed by atoms with Crippen LogP contribution in [0.25, 0.3) is 0 Å². The van der Waals surface area contributed by atoms with Crippen molar-refractivity contribution in [2.45, 2.75) is 6.42 Å². The van der Waals surface area contributed by atoms with Gasteiger partial charge in [0.1, 0.15) is 6.42 Å². The largest absolute Gasteiger partial charge is 0.492 e. The van der Waals surface area contributed by atoms with Crippen LogP contribution in [0.15, 0.2) is 12.1 Å². The van der Waals surface area contributed by atoms with Crippen molar-refractivity contribution >= 4 is 34.2 Å². The molecule has 0 bridgehead atoms. The fourth-order valence-electron chi connectivity index (χ4n) is 1.10. The third-order valence-electron chi connectivity index (χ3n) is 1.77. The van der Waals surface area contributed by atoms with Gasteiger partial charge in [0.05, 0.1) is 22.4 Å². The molecule has 0 saturated carbocycles. The summed E-state index contributed by atoms with van der Waals surface area (Å²) in [6, 6.07) is 4.74. The van der Waals surface area contributed by atoms with Gasteiger partial charge < -0.3 is 10.1 Å². The fourth-order valence-corrected chi connectivity index (χ4v) is 1.52. The molecule has 0 atom stereocenters. The molecule has 0 saturated heterocycles. The number of methoxy groups -OCH3 is 1. The van der Waals surface area contributed by atoms with E-state index in [0.29, 0.717) is 3.57 Å². The number of benzene rings is 1. The summed E-state index contributed by atoms with van der Waals surface area (Å²) in [5, 5.41) is 10.7. The van der Waals surface area contributed by atoms with Crippen molar-refractivity contribution in [2.75, 3.05) is 12.4 Å². The second kappa shape index (κ2) is 5.65. The number of amides is 1. The SMILES string of the molecule is COc1c(NC(=O)CC#N)ccc(I)c1F. The van der Waals surface area contributed by atoms with Crippen molar-refractivity contribution in [1.29, 1.82) is 5.26 Å². The van der Waals surface area contributed by atoms with Crippen LogP contribution in [-0.4, -0.2) is 13.0 Å². The van der Waals surface area contributed by atoms with Gasteiger partial charge in [-0.2, -0.15) is 5.26 Å². The van der Waals surface area contributed by atoms with Crippen molar-refractivity contribution in [3.05, 3.63) is 21.5 Å². The number of carbonyl (C=O) groups is 1. The molecular weight excluding hydrogens is 326 g/mol. The van der Waals surface area contributed by atoms with E-state index >= 15 is 0 Å². The Labute approximate surface area is 106 Å². The van der Waals surface area contributed by atoms with E-state index in [2.05, 4.69) is 5.32 Å². The Morgan fingerprint density at radius 3 is 2.94 bits per heavy atom. The van der Waals surface area contributed by atoms with E-state index in [4.69, 9.17) is 10.00 Å². The minimum absolute atomic E-state index is 0.0295. The number of carbonyl (C=O) groups excluding carboxylic acids is 1. The Bertz CT molecular complexity index is 457. The van der Waals surface area contributed by atoms with Crippen LogP contribution >= 0.6 is 22.6 Å². The monoisotopic (exact) mass is 334 g/mol. The molecular formula is C10H8FIN2O2. The molecule has 1 N–H and O–H groups in total. The lowest BCUT2D eigenvalue weighted by molar-refractivity contribution is -0.115. The van der Waals surface area contributed by atoms with Crippen LogP contribution in [0.4, 0.5) is 10.1 Å². The van der Waals surface area contributed by atoms with E-state index in [1.807, 2.05) is 22.6 Å². The van der Waals surface area contributed by atoms with Crippen molar-refractivity contribution in [1.82, 2.24) is 0 Å². The van der Waals surface area contributed by atoms with E-state index in [-0.39, 0.29) is 17.9 Å². The minimum Gasteiger partial charge on any atom is -0.492 e. The maximum atomic E-state index is 13.5. The summed E-state index contributed by atoms with van der Waals surface area (Å²) in [5.41, 5.74) is 0.223. The predicted molar refractivity (Wildman–Crippen MR) is 64.5 cm³/mol. The molecule has 1 aromatic rings. The summed E-state index contributed by atoms with van der Waals surface area (Å²) >= 11 is 1.82. The average molecular weight is 334 g/mol. The first-order chi connectivity index (χ1) is 7.60. The number of rotatable bonds is 3. The van der Waals surface area contributed by atoms with E-state index in [0.717, 1.165) is 0 Å². The summed E-state index contributed by atoms with van der Waals surface area (Å²) in [7, 11) is 1.31. The highest BCUT2D eigenvalue weighted by atomic mass is 127. The number of nitrogens with zero attached hydrogens (tertiary/aromatic N) is 1. The van der Waals surface area contributed by atoms with E-state index in [1.54, 1.807) is 6.07 Å². The van der Waals surface area contributed by atoms with Crippen molar-refractivity contribution in [2.24, 2.45) is 0 Å². The van der Waals surface area contributed by atoms with E-state index < -0.39 is 11.7 Å². The molecule has 6 heteroatoms. The first-order valence-electron chi connectivity index (χ1n) is 4.29. The van der Waals surface area contributed by atoms with Gasteiger partial charge in [0.15, 0.2) is 11.6 Å². The van der Waals surface area contributed by atoms with Crippen LogP contribution in [0.3, 0.4) is 0 Å². The molecule has 1 aromatic carbocycles. The first kappa shape index (κ1) is 12.7. The molecule has 0 aliphatic heterocycles. The number of hydrogen-bond donors (Lipinski definition) is 1. The zero-order valence-corrected chi connectivity index (χ0v) is 10.5. The smallest absolute Gasteiger partial charge is 0.238 e. The Morgan fingerprint density at radius 1 is 1.69 bits per heavy atom. The molecule has 1 rings (SSSR count). The second-order valence-electron chi connectivity index (χ2n) is 2.83. The summed E-state index contributed by atoms with van der Waals surface area (Å²) in [6.07, 6.45) is -0.281. The lowest BCUT2D eigenvalue weighted by Crippen LogP contribution is -2.11. The van der Waals surface area contributed by atoms with Crippen LogP contribution < -0.4 is 10.1 Å². The van der Waals surface area contributed by atoms with Crippen molar-refractivity contribution in [3.8, 4) is 11.8 Å². The van der Waals surface area contributed by atoms with Crippen LogP contribution in [0.5, 0.6) is 5.75 Å². The minimum atomic E-state index is -0.530. The topological polar surface area (TPSA) is 62.1 Å². The maximum Gasteiger partial charge on any atom is 0.238 e. The highest BCUT2D eigenvalue weighted by molar-refractivity contribution is 14.1. The molecule has 0 heterocycles. The number of ether oxygens (including phenoxy) is 1. The third kappa shape index (κ3) is 2.82. The molecule has 0 aliphatic rings. The Kier molecular flexibility index (Phi) is 4.49. The lowest BCUT2D eigenvalue weighted by Gasteiger charge is -2.10. The van der Waals surface area contributed by atoms with Crippen LogP contribution in [-0.2, 0) is 4.79 Å². The van der Waals surface area contributed by atoms with Crippen LogP contribution in [0.1, 0.15) is 6.42 Å². The van der Waals surface area contributed by atoms with Gasteiger partial charge in [-0.3, -0.25) is 4.79 Å². The van der Waals surface area contributed by atoms with Crippen molar-refractivity contribution < 1.29 is 13.9 Å². The Balaban J connectivity index is 3.01. The molecule has 4 nitrogen and oxygen atoms in total. The highest BCUT2D eigenvalue weighted by Gasteiger charge is 2.14. The Hall–Kier alpha value is -1.36. The van der Waals surface area contributed by atoms with E-state index in [9.17, 15) is 9.18 Å². The van der Waals surface area contributed by atoms with Gasteiger partial charge in [-0.15, -0.1) is 0 Å². The molecule has 0 spiro atoms. The van der Waals surface area contributed by atoms with Gasteiger partial charge in [0, 0.05) is 0 Å². The van der Waals surface area contributed by atoms with Gasteiger partial charge in [-0.1, -0.05) is 0 Å². The van der Waals surface area contributed by atoms with Gasteiger partial charge in [-0.05, 0) is 34.7 Å². The predicted octanol–water partition coefficient (Wildman–Crippen LogP) is 2.29. The number of nitrogens with one attached hydrogen (secondary N) is 1. The van der Waals surface area contributed by atoms with Gasteiger partial charge in [-0.25, -0.2) is 4.39 Å². The maximum absolute atomic E-state index is 13.5. The van der Waals surface area contributed by atoms with Crippen LogP contribution in [0.2, 0.25) is 0 Å². The van der Waals surface area contributed by atoms with Crippen LogP contribution in [0, 0.1) is 20.7 Å². The number of halogens is 2. The van der Waals surface area contributed by atoms with E-state index in [1.165, 1.54) is 19.2 Å². The number of nitriles is 1. The molecule has 84 valence electrons. The molecule has 16 heavy (non-hydrogen) atoms. The molecule has 0 radical (unpaired) electrons. The molecule has 1 amide bonds. The number of hydrogen-bond acceptors (Lipinski definition) is 3. The standard InChI is InChI=1S/C10H8FIN2O2/c1-16-10-7(14-8(15)4-5-13)3-2-6(12)9(10)11/h2-3H,4H2,1H3,(H,14,15). The Morgan fingerprint density at radius 2 is 2.38 bits per heavy atom. The molecule has 0 aromatic heterocycles. The normalized spacial score (nSPS) is 9.38. The van der Waals surface area contributed by atoms with Crippen molar-refractivity contribution in [3.63, 3.8) is 0 Å². The molecule has 0 unspecified atom stereocenters. The third-order valence-corrected chi connectivity index (χ3v) is 2.60. The zero-order chi connectivity index (χ0) is 12.1. The zero-order valence-electron chi connectivity index (χ0n) is 8.38. The molecule has 0 aliphatic carbocycles. The highest BCUT2D eigenvalue weighted by Crippen LogP contribution is 2.30. The van der Waals surface area contributed by atoms with Gasteiger partial charge >= 0.3 is 0 Å². The number of anilines is 1. The average Bonchev–Trinajstić information content (AvgIpc) is 2.24. The summed E-state index contributed by atoms with van der Waals surface area (Å²) in [6.45, 7) is 0. The fraction of sp³-hybridized carbons (Fsp3) is 0.200. The summed E-state index contributed by atoms with van der Waals surface area (Å²) in [5.74, 6) is -1.06. The second-order valence-corrected chi connectivity index (χ2v) is 3.99. The summed E-state index contributed by atoms with van der Waals surface area (Å²) in [4.78, 5) is 11.2.